The lowest BCUT2D eigenvalue weighted by Gasteiger charge is -2.17. The Bertz CT molecular complexity index is 636. The molecule has 2 nitrogen and oxygen atoms in total. The predicted molar refractivity (Wildman–Crippen MR) is 87.4 cm³/mol. The van der Waals surface area contributed by atoms with Crippen LogP contribution in [0.4, 0.5) is 4.39 Å². The number of hydrogen-bond donors (Lipinski definition) is 1. The number of nitrogens with one attached hydrogen (secondary N) is 1. The highest BCUT2D eigenvalue weighted by Gasteiger charge is 2.11. The third kappa shape index (κ3) is 4.19. The molecule has 2 aromatic carbocycles. The Morgan fingerprint density at radius 3 is 2.71 bits per heavy atom. The molecule has 0 fully saturated rings. The second-order valence-corrected chi connectivity index (χ2v) is 6.05. The standard InChI is InChI=1S/C16H16BrClFNO/c1-10(20-2)13-5-4-12(17)8-16(13)21-9-11-3-6-15(19)14(18)7-11/h3-8,10,20H,9H2,1-2H3. The molecule has 0 saturated carbocycles. The van der Waals surface area contributed by atoms with Gasteiger partial charge in [0, 0.05) is 16.1 Å². The molecule has 112 valence electrons. The molecule has 2 rings (SSSR count). The van der Waals surface area contributed by atoms with Crippen LogP contribution in [0, 0.1) is 5.82 Å². The maximum absolute atomic E-state index is 13.1. The first-order chi connectivity index (χ1) is 10.0. The monoisotopic (exact) mass is 371 g/mol. The third-order valence-corrected chi connectivity index (χ3v) is 4.04. The normalized spacial score (nSPS) is 12.2. The van der Waals surface area contributed by atoms with Gasteiger partial charge in [0.05, 0.1) is 5.02 Å². The molecule has 1 unspecified atom stereocenters. The van der Waals surface area contributed by atoms with E-state index in [1.165, 1.54) is 6.07 Å². The molecule has 0 amide bonds. The smallest absolute Gasteiger partial charge is 0.141 e. The van der Waals surface area contributed by atoms with Crippen molar-refractivity contribution in [1.82, 2.24) is 5.32 Å². The van der Waals surface area contributed by atoms with Crippen molar-refractivity contribution in [3.63, 3.8) is 0 Å². The number of ether oxygens (including phenoxy) is 1. The number of hydrogen-bond acceptors (Lipinski definition) is 2. The van der Waals surface area contributed by atoms with Crippen LogP contribution in [-0.2, 0) is 6.61 Å². The second kappa shape index (κ2) is 7.25. The van der Waals surface area contributed by atoms with Crippen molar-refractivity contribution in [2.45, 2.75) is 19.6 Å². The Labute approximate surface area is 137 Å². The highest BCUT2D eigenvalue weighted by atomic mass is 79.9. The van der Waals surface area contributed by atoms with Crippen molar-refractivity contribution in [3.8, 4) is 5.75 Å². The van der Waals surface area contributed by atoms with E-state index < -0.39 is 5.82 Å². The van der Waals surface area contributed by atoms with Gasteiger partial charge in [-0.25, -0.2) is 4.39 Å². The van der Waals surface area contributed by atoms with E-state index in [-0.39, 0.29) is 11.1 Å². The van der Waals surface area contributed by atoms with Gasteiger partial charge in [-0.05, 0) is 43.8 Å². The fourth-order valence-electron chi connectivity index (χ4n) is 1.94. The molecular weight excluding hydrogens is 357 g/mol. The van der Waals surface area contributed by atoms with E-state index in [2.05, 4.69) is 28.2 Å². The average Bonchev–Trinajstić information content (AvgIpc) is 2.48. The molecule has 0 aliphatic heterocycles. The fourth-order valence-corrected chi connectivity index (χ4v) is 2.48. The predicted octanol–water partition coefficient (Wildman–Crippen LogP) is 5.10. The lowest BCUT2D eigenvalue weighted by molar-refractivity contribution is 0.300. The van der Waals surface area contributed by atoms with E-state index >= 15 is 0 Å². The first kappa shape index (κ1) is 16.3. The zero-order valence-electron chi connectivity index (χ0n) is 11.8. The van der Waals surface area contributed by atoms with Crippen LogP contribution in [0.25, 0.3) is 0 Å². The second-order valence-electron chi connectivity index (χ2n) is 4.73. The first-order valence-electron chi connectivity index (χ1n) is 6.54. The molecule has 0 saturated heterocycles. The first-order valence-corrected chi connectivity index (χ1v) is 7.72. The Balaban J connectivity index is 2.18. The Morgan fingerprint density at radius 2 is 2.05 bits per heavy atom. The number of rotatable bonds is 5. The summed E-state index contributed by atoms with van der Waals surface area (Å²) in [4.78, 5) is 0. The molecule has 5 heteroatoms. The van der Waals surface area contributed by atoms with Crippen molar-refractivity contribution in [3.05, 3.63) is 62.8 Å². The number of halogens is 3. The van der Waals surface area contributed by atoms with Crippen LogP contribution in [0.3, 0.4) is 0 Å². The Kier molecular flexibility index (Phi) is 5.62. The van der Waals surface area contributed by atoms with E-state index in [9.17, 15) is 4.39 Å². The zero-order chi connectivity index (χ0) is 15.4. The summed E-state index contributed by atoms with van der Waals surface area (Å²) in [5.41, 5.74) is 1.89. The summed E-state index contributed by atoms with van der Waals surface area (Å²) in [6.07, 6.45) is 0. The Morgan fingerprint density at radius 1 is 1.29 bits per heavy atom. The van der Waals surface area contributed by atoms with Crippen molar-refractivity contribution in [1.29, 1.82) is 0 Å². The van der Waals surface area contributed by atoms with Gasteiger partial charge < -0.3 is 10.1 Å². The van der Waals surface area contributed by atoms with Gasteiger partial charge in [0.25, 0.3) is 0 Å². The summed E-state index contributed by atoms with van der Waals surface area (Å²) in [5, 5.41) is 3.30. The van der Waals surface area contributed by atoms with Crippen LogP contribution >= 0.6 is 27.5 Å². The molecule has 1 atom stereocenters. The molecule has 1 N–H and O–H groups in total. The highest BCUT2D eigenvalue weighted by Crippen LogP contribution is 2.29. The molecule has 0 heterocycles. The van der Waals surface area contributed by atoms with Crippen LogP contribution in [0.5, 0.6) is 5.75 Å². The van der Waals surface area contributed by atoms with Gasteiger partial charge >= 0.3 is 0 Å². The molecule has 0 aromatic heterocycles. The molecule has 21 heavy (non-hydrogen) atoms. The summed E-state index contributed by atoms with van der Waals surface area (Å²) in [6, 6.07) is 10.7. The fraction of sp³-hybridized carbons (Fsp3) is 0.250. The van der Waals surface area contributed by atoms with E-state index in [4.69, 9.17) is 16.3 Å². The van der Waals surface area contributed by atoms with Crippen LogP contribution < -0.4 is 10.1 Å². The topological polar surface area (TPSA) is 21.3 Å². The quantitative estimate of drug-likeness (QED) is 0.788. The largest absolute Gasteiger partial charge is 0.489 e. The summed E-state index contributed by atoms with van der Waals surface area (Å²) < 4.78 is 20.0. The third-order valence-electron chi connectivity index (χ3n) is 3.25. The summed E-state index contributed by atoms with van der Waals surface area (Å²) in [7, 11) is 1.90. The molecular formula is C16H16BrClFNO. The van der Waals surface area contributed by atoms with E-state index in [1.807, 2.05) is 25.2 Å². The Hall–Kier alpha value is -1.10. The van der Waals surface area contributed by atoms with Gasteiger partial charge in [-0.15, -0.1) is 0 Å². The summed E-state index contributed by atoms with van der Waals surface area (Å²) >= 11 is 9.22. The van der Waals surface area contributed by atoms with Gasteiger partial charge in [-0.3, -0.25) is 0 Å². The van der Waals surface area contributed by atoms with Crippen molar-refractivity contribution in [2.75, 3.05) is 7.05 Å². The number of benzene rings is 2. The molecule has 0 spiro atoms. The summed E-state index contributed by atoms with van der Waals surface area (Å²) in [5.74, 6) is 0.360. The van der Waals surface area contributed by atoms with Crippen LogP contribution in [0.1, 0.15) is 24.1 Å². The maximum Gasteiger partial charge on any atom is 0.141 e. The van der Waals surface area contributed by atoms with Crippen molar-refractivity contribution < 1.29 is 9.13 Å². The molecule has 0 aliphatic rings. The highest BCUT2D eigenvalue weighted by molar-refractivity contribution is 9.10. The SMILES string of the molecule is CNC(C)c1ccc(Br)cc1OCc1ccc(F)c(Cl)c1. The minimum absolute atomic E-state index is 0.106. The van der Waals surface area contributed by atoms with Crippen molar-refractivity contribution >= 4 is 27.5 Å². The van der Waals surface area contributed by atoms with Gasteiger partial charge in [-0.2, -0.15) is 0 Å². The van der Waals surface area contributed by atoms with Gasteiger partial charge in [0.1, 0.15) is 18.2 Å². The minimum atomic E-state index is -0.424. The molecule has 2 aromatic rings. The lowest BCUT2D eigenvalue weighted by atomic mass is 10.1. The van der Waals surface area contributed by atoms with E-state index in [1.54, 1.807) is 12.1 Å². The lowest BCUT2D eigenvalue weighted by Crippen LogP contribution is -2.13. The van der Waals surface area contributed by atoms with E-state index in [0.29, 0.717) is 6.61 Å². The van der Waals surface area contributed by atoms with Crippen LogP contribution in [-0.4, -0.2) is 7.05 Å². The summed E-state index contributed by atoms with van der Waals surface area (Å²) in [6.45, 7) is 2.39. The van der Waals surface area contributed by atoms with Crippen LogP contribution in [0.2, 0.25) is 5.02 Å². The van der Waals surface area contributed by atoms with E-state index in [0.717, 1.165) is 21.3 Å². The maximum atomic E-state index is 13.1. The van der Waals surface area contributed by atoms with Gasteiger partial charge in [0.15, 0.2) is 0 Å². The molecule has 0 bridgehead atoms. The van der Waals surface area contributed by atoms with Crippen molar-refractivity contribution in [2.24, 2.45) is 0 Å². The van der Waals surface area contributed by atoms with Crippen LogP contribution in [0.15, 0.2) is 40.9 Å². The van der Waals surface area contributed by atoms with Gasteiger partial charge in [-0.1, -0.05) is 39.7 Å². The molecule has 0 aliphatic carbocycles. The average molecular weight is 373 g/mol. The molecule has 0 radical (unpaired) electrons. The zero-order valence-corrected chi connectivity index (χ0v) is 14.1. The van der Waals surface area contributed by atoms with Gasteiger partial charge in [0.2, 0.25) is 0 Å². The minimum Gasteiger partial charge on any atom is -0.489 e.